The molecule has 0 bridgehead atoms. The van der Waals surface area contributed by atoms with E-state index >= 15 is 0 Å². The zero-order chi connectivity index (χ0) is 18.8. The Kier molecular flexibility index (Phi) is 5.18. The number of benzene rings is 1. The third kappa shape index (κ3) is 3.86. The van der Waals surface area contributed by atoms with Gasteiger partial charge in [0.15, 0.2) is 11.6 Å². The first-order valence-corrected chi connectivity index (χ1v) is 9.68. The Morgan fingerprint density at radius 3 is 2.89 bits per heavy atom. The molecule has 5 nitrogen and oxygen atoms in total. The van der Waals surface area contributed by atoms with Gasteiger partial charge in [-0.25, -0.2) is 18.7 Å². The van der Waals surface area contributed by atoms with Crippen LogP contribution in [0.5, 0.6) is 5.75 Å². The molecule has 2 aromatic heterocycles. The number of aliphatic hydroxyl groups excluding tert-OH is 1. The lowest BCUT2D eigenvalue weighted by molar-refractivity contribution is 0.117. The van der Waals surface area contributed by atoms with Crippen LogP contribution < -0.4 is 10.1 Å². The topological polar surface area (TPSA) is 67.3 Å². The predicted octanol–water partition coefficient (Wildman–Crippen LogP) is 3.70. The van der Waals surface area contributed by atoms with E-state index in [-0.39, 0.29) is 18.9 Å². The van der Waals surface area contributed by atoms with Gasteiger partial charge < -0.3 is 15.2 Å². The Morgan fingerprint density at radius 2 is 2.04 bits per heavy atom. The van der Waals surface area contributed by atoms with Gasteiger partial charge in [-0.2, -0.15) is 0 Å². The Hall–Kier alpha value is -2.32. The van der Waals surface area contributed by atoms with Crippen LogP contribution in [-0.2, 0) is 12.8 Å². The number of ether oxygens (including phenoxy) is 1. The Morgan fingerprint density at radius 1 is 1.19 bits per heavy atom. The lowest BCUT2D eigenvalue weighted by Gasteiger charge is -2.15. The molecule has 2 heterocycles. The molecule has 0 aliphatic heterocycles. The van der Waals surface area contributed by atoms with Gasteiger partial charge in [-0.15, -0.1) is 11.3 Å². The molecule has 2 N–H and O–H groups in total. The normalized spacial score (nSPS) is 14.8. The minimum absolute atomic E-state index is 0.0476. The van der Waals surface area contributed by atoms with E-state index in [4.69, 9.17) is 4.74 Å². The number of aromatic nitrogens is 2. The Labute approximate surface area is 159 Å². The third-order valence-electron chi connectivity index (χ3n) is 4.59. The molecule has 1 aliphatic rings. The molecule has 0 saturated heterocycles. The van der Waals surface area contributed by atoms with Crippen molar-refractivity contribution in [2.24, 2.45) is 0 Å². The van der Waals surface area contributed by atoms with Gasteiger partial charge in [-0.05, 0) is 43.4 Å². The SMILES string of the molecule is O[C@@H](CNc1ncnc2sc3c(c12)CCCC3)COc1ccc(F)c(F)c1. The summed E-state index contributed by atoms with van der Waals surface area (Å²) in [5.41, 5.74) is 1.32. The zero-order valence-electron chi connectivity index (χ0n) is 14.5. The lowest BCUT2D eigenvalue weighted by Crippen LogP contribution is -2.26. The Bertz CT molecular complexity index is 964. The second kappa shape index (κ2) is 7.74. The number of halogens is 2. The largest absolute Gasteiger partial charge is 0.491 e. The van der Waals surface area contributed by atoms with Crippen molar-refractivity contribution in [1.29, 1.82) is 0 Å². The van der Waals surface area contributed by atoms with Crippen LogP contribution in [0.3, 0.4) is 0 Å². The van der Waals surface area contributed by atoms with E-state index < -0.39 is 17.7 Å². The fourth-order valence-electron chi connectivity index (χ4n) is 3.26. The average Bonchev–Trinajstić information content (AvgIpc) is 3.06. The molecule has 3 aromatic rings. The van der Waals surface area contributed by atoms with Gasteiger partial charge in [-0.1, -0.05) is 0 Å². The van der Waals surface area contributed by atoms with Crippen LogP contribution >= 0.6 is 11.3 Å². The number of thiophene rings is 1. The number of nitrogens with zero attached hydrogens (tertiary/aromatic N) is 2. The summed E-state index contributed by atoms with van der Waals surface area (Å²) in [7, 11) is 0. The summed E-state index contributed by atoms with van der Waals surface area (Å²) in [5.74, 6) is -1.03. The van der Waals surface area contributed by atoms with Crippen molar-refractivity contribution in [3.63, 3.8) is 0 Å². The van der Waals surface area contributed by atoms with Crippen molar-refractivity contribution >= 4 is 27.4 Å². The molecule has 0 saturated carbocycles. The molecule has 8 heteroatoms. The van der Waals surface area contributed by atoms with Crippen molar-refractivity contribution in [2.75, 3.05) is 18.5 Å². The van der Waals surface area contributed by atoms with Gasteiger partial charge in [-0.3, -0.25) is 0 Å². The van der Waals surface area contributed by atoms with Gasteiger partial charge in [0, 0.05) is 17.5 Å². The molecule has 0 unspecified atom stereocenters. The molecular weight excluding hydrogens is 372 g/mol. The van der Waals surface area contributed by atoms with E-state index in [1.165, 1.54) is 29.3 Å². The van der Waals surface area contributed by atoms with Crippen LogP contribution in [0.25, 0.3) is 10.2 Å². The number of rotatable bonds is 6. The summed E-state index contributed by atoms with van der Waals surface area (Å²) in [6.07, 6.45) is 5.17. The molecule has 1 aliphatic carbocycles. The zero-order valence-corrected chi connectivity index (χ0v) is 15.4. The van der Waals surface area contributed by atoms with Crippen LogP contribution in [0, 0.1) is 11.6 Å². The van der Waals surface area contributed by atoms with Crippen molar-refractivity contribution < 1.29 is 18.6 Å². The van der Waals surface area contributed by atoms with Crippen molar-refractivity contribution in [1.82, 2.24) is 9.97 Å². The van der Waals surface area contributed by atoms with Gasteiger partial charge >= 0.3 is 0 Å². The minimum Gasteiger partial charge on any atom is -0.491 e. The molecule has 0 amide bonds. The molecule has 0 spiro atoms. The van der Waals surface area contributed by atoms with Crippen molar-refractivity contribution in [3.8, 4) is 5.75 Å². The van der Waals surface area contributed by atoms with Crippen LogP contribution in [0.2, 0.25) is 0 Å². The predicted molar refractivity (Wildman–Crippen MR) is 100 cm³/mol. The van der Waals surface area contributed by atoms with Crippen LogP contribution in [0.4, 0.5) is 14.6 Å². The van der Waals surface area contributed by atoms with Gasteiger partial charge in [0.2, 0.25) is 0 Å². The average molecular weight is 391 g/mol. The first-order chi connectivity index (χ1) is 13.1. The van der Waals surface area contributed by atoms with Gasteiger partial charge in [0.1, 0.15) is 35.4 Å². The summed E-state index contributed by atoms with van der Waals surface area (Å²) >= 11 is 1.71. The molecule has 142 valence electrons. The number of nitrogens with one attached hydrogen (secondary N) is 1. The third-order valence-corrected chi connectivity index (χ3v) is 5.79. The molecule has 4 rings (SSSR count). The minimum atomic E-state index is -0.981. The van der Waals surface area contributed by atoms with Crippen molar-refractivity contribution in [2.45, 2.75) is 31.8 Å². The second-order valence-corrected chi connectivity index (χ2v) is 7.62. The molecular formula is C19H19F2N3O2S. The molecule has 1 aromatic carbocycles. The van der Waals surface area contributed by atoms with E-state index in [0.717, 1.165) is 41.6 Å². The summed E-state index contributed by atoms with van der Waals surface area (Å²) < 4.78 is 31.4. The van der Waals surface area contributed by atoms with Crippen molar-refractivity contribution in [3.05, 3.63) is 46.6 Å². The molecule has 1 atom stereocenters. The fraction of sp³-hybridized carbons (Fsp3) is 0.368. The highest BCUT2D eigenvalue weighted by molar-refractivity contribution is 7.19. The van der Waals surface area contributed by atoms with Crippen LogP contribution in [0.15, 0.2) is 24.5 Å². The number of anilines is 1. The highest BCUT2D eigenvalue weighted by Crippen LogP contribution is 2.38. The number of hydrogen-bond acceptors (Lipinski definition) is 6. The summed E-state index contributed by atoms with van der Waals surface area (Å²) in [6.45, 7) is 0.175. The maximum atomic E-state index is 13.2. The summed E-state index contributed by atoms with van der Waals surface area (Å²) in [6, 6.07) is 3.28. The highest BCUT2D eigenvalue weighted by atomic mass is 32.1. The van der Waals surface area contributed by atoms with E-state index in [0.29, 0.717) is 5.82 Å². The van der Waals surface area contributed by atoms with Crippen LogP contribution in [0.1, 0.15) is 23.3 Å². The second-order valence-electron chi connectivity index (χ2n) is 6.53. The fourth-order valence-corrected chi connectivity index (χ4v) is 4.49. The Balaban J connectivity index is 1.41. The molecule has 27 heavy (non-hydrogen) atoms. The first kappa shape index (κ1) is 18.1. The highest BCUT2D eigenvalue weighted by Gasteiger charge is 2.20. The summed E-state index contributed by atoms with van der Waals surface area (Å²) in [4.78, 5) is 11.1. The van der Waals surface area contributed by atoms with E-state index in [2.05, 4.69) is 15.3 Å². The van der Waals surface area contributed by atoms with Crippen LogP contribution in [-0.4, -0.2) is 34.3 Å². The van der Waals surface area contributed by atoms with E-state index in [1.807, 2.05) is 0 Å². The summed E-state index contributed by atoms with van der Waals surface area (Å²) in [5, 5.41) is 14.4. The van der Waals surface area contributed by atoms with E-state index in [9.17, 15) is 13.9 Å². The molecule has 0 fully saturated rings. The smallest absolute Gasteiger partial charge is 0.162 e. The lowest BCUT2D eigenvalue weighted by atomic mass is 9.97. The standard InChI is InChI=1S/C19H19F2N3O2S/c20-14-6-5-12(7-15(14)21)26-9-11(25)8-22-18-17-13-3-1-2-4-16(13)27-19(17)24-10-23-18/h5-7,10-11,25H,1-4,8-9H2,(H,22,23,24)/t11-/m0/s1. The first-order valence-electron chi connectivity index (χ1n) is 8.87. The molecule has 0 radical (unpaired) electrons. The maximum absolute atomic E-state index is 13.2. The number of fused-ring (bicyclic) bond motifs is 3. The number of aryl methyl sites for hydroxylation is 2. The number of hydrogen-bond donors (Lipinski definition) is 2. The van der Waals surface area contributed by atoms with Gasteiger partial charge in [0.25, 0.3) is 0 Å². The quantitative estimate of drug-likeness (QED) is 0.671. The van der Waals surface area contributed by atoms with E-state index in [1.54, 1.807) is 11.3 Å². The van der Waals surface area contributed by atoms with Gasteiger partial charge in [0.05, 0.1) is 5.39 Å². The monoisotopic (exact) mass is 391 g/mol. The maximum Gasteiger partial charge on any atom is 0.162 e. The number of aliphatic hydroxyl groups is 1.